The van der Waals surface area contributed by atoms with Gasteiger partial charge in [0.25, 0.3) is 5.91 Å². The minimum absolute atomic E-state index is 0.0358. The first kappa shape index (κ1) is 26.5. The lowest BCUT2D eigenvalue weighted by molar-refractivity contribution is -0.118. The zero-order chi connectivity index (χ0) is 28.5. The van der Waals surface area contributed by atoms with Crippen molar-refractivity contribution in [1.82, 2.24) is 10.2 Å². The van der Waals surface area contributed by atoms with Crippen molar-refractivity contribution in [3.8, 4) is 5.75 Å². The number of hydrogen-bond acceptors (Lipinski definition) is 7. The van der Waals surface area contributed by atoms with Crippen molar-refractivity contribution in [3.63, 3.8) is 0 Å². The van der Waals surface area contributed by atoms with Crippen molar-refractivity contribution < 1.29 is 29.0 Å². The molecule has 2 amide bonds. The van der Waals surface area contributed by atoms with Gasteiger partial charge in [0.05, 0.1) is 18.6 Å². The Labute approximate surface area is 235 Å². The van der Waals surface area contributed by atoms with Crippen LogP contribution in [0.2, 0.25) is 0 Å². The van der Waals surface area contributed by atoms with Crippen LogP contribution in [0.5, 0.6) is 5.75 Å². The van der Waals surface area contributed by atoms with E-state index in [0.717, 1.165) is 11.1 Å². The molecule has 2 heterocycles. The van der Waals surface area contributed by atoms with Gasteiger partial charge in [-0.3, -0.25) is 9.59 Å². The summed E-state index contributed by atoms with van der Waals surface area (Å²) in [6.45, 7) is -0.170. The van der Waals surface area contributed by atoms with Gasteiger partial charge in [-0.2, -0.15) is 0 Å². The SMILES string of the molecule is O=C(NCCO)C1=C[C@@H](N(Cc2ccccc2)C(=O)c2cc3ccccc3oc2=O)[C@H](O)[C@H]2Oc3ccccc3[C@@H]12. The lowest BCUT2D eigenvalue weighted by Gasteiger charge is -2.40. The number of ether oxygens (including phenoxy) is 1. The smallest absolute Gasteiger partial charge is 0.349 e. The summed E-state index contributed by atoms with van der Waals surface area (Å²) in [6.07, 6.45) is -0.522. The highest BCUT2D eigenvalue weighted by atomic mass is 16.5. The van der Waals surface area contributed by atoms with Gasteiger partial charge in [-0.15, -0.1) is 0 Å². The van der Waals surface area contributed by atoms with E-state index in [0.29, 0.717) is 22.3 Å². The molecule has 3 N–H and O–H groups in total. The standard InChI is InChI=1S/C32H28N2O7/c35-15-14-33-30(37)22-17-24(28(36)29-27(22)21-11-5-7-13-26(21)40-29)34(18-19-8-2-1-3-9-19)31(38)23-16-20-10-4-6-12-25(20)41-32(23)39/h1-13,16-17,24,27-29,35-36H,14-15,18H2,(H,33,37)/t24-,27+,28+,29+/m1/s1. The lowest BCUT2D eigenvalue weighted by Crippen LogP contribution is -2.55. The molecule has 0 bridgehead atoms. The van der Waals surface area contributed by atoms with Gasteiger partial charge in [-0.25, -0.2) is 4.79 Å². The van der Waals surface area contributed by atoms with Crippen molar-refractivity contribution in [2.24, 2.45) is 0 Å². The number of rotatable bonds is 7. The second-order valence-electron chi connectivity index (χ2n) is 10.1. The molecule has 0 spiro atoms. The number of nitrogens with zero attached hydrogens (tertiary/aromatic N) is 1. The molecule has 41 heavy (non-hydrogen) atoms. The summed E-state index contributed by atoms with van der Waals surface area (Å²) >= 11 is 0. The number of nitrogens with one attached hydrogen (secondary N) is 1. The van der Waals surface area contributed by atoms with Gasteiger partial charge in [0.2, 0.25) is 5.91 Å². The molecule has 4 atom stereocenters. The molecule has 6 rings (SSSR count). The molecule has 2 aliphatic rings. The van der Waals surface area contributed by atoms with E-state index in [2.05, 4.69) is 5.32 Å². The molecule has 4 aromatic rings. The monoisotopic (exact) mass is 552 g/mol. The molecule has 0 radical (unpaired) electrons. The number of hydrogen-bond donors (Lipinski definition) is 3. The number of fused-ring (bicyclic) bond motifs is 4. The van der Waals surface area contributed by atoms with Crippen molar-refractivity contribution in [2.45, 2.75) is 30.7 Å². The molecule has 9 nitrogen and oxygen atoms in total. The van der Waals surface area contributed by atoms with Crippen molar-refractivity contribution in [3.05, 3.63) is 124 Å². The summed E-state index contributed by atoms with van der Waals surface area (Å²) in [7, 11) is 0. The van der Waals surface area contributed by atoms with Crippen LogP contribution in [0.1, 0.15) is 27.4 Å². The third kappa shape index (κ3) is 4.90. The Hall–Kier alpha value is -4.73. The van der Waals surface area contributed by atoms with Gasteiger partial charge >= 0.3 is 5.63 Å². The highest BCUT2D eigenvalue weighted by Gasteiger charge is 2.50. The predicted molar refractivity (Wildman–Crippen MR) is 150 cm³/mol. The van der Waals surface area contributed by atoms with Gasteiger partial charge in [0.1, 0.15) is 29.1 Å². The average Bonchev–Trinajstić information content (AvgIpc) is 3.39. The van der Waals surface area contributed by atoms with Crippen LogP contribution in [0.25, 0.3) is 11.0 Å². The number of amides is 2. The minimum Gasteiger partial charge on any atom is -0.486 e. The molecule has 0 saturated heterocycles. The second-order valence-corrected chi connectivity index (χ2v) is 10.1. The van der Waals surface area contributed by atoms with Gasteiger partial charge in [-0.1, -0.05) is 66.7 Å². The van der Waals surface area contributed by atoms with E-state index >= 15 is 0 Å². The molecular weight excluding hydrogens is 524 g/mol. The summed E-state index contributed by atoms with van der Waals surface area (Å²) in [5.41, 5.74) is 1.17. The molecule has 0 unspecified atom stereocenters. The number of aliphatic hydroxyl groups is 2. The number of carbonyl (C=O) groups is 2. The zero-order valence-electron chi connectivity index (χ0n) is 22.0. The Balaban J connectivity index is 1.47. The fourth-order valence-electron chi connectivity index (χ4n) is 5.65. The van der Waals surface area contributed by atoms with E-state index in [1.54, 1.807) is 42.5 Å². The summed E-state index contributed by atoms with van der Waals surface area (Å²) in [4.78, 5) is 41.9. The van der Waals surface area contributed by atoms with Crippen molar-refractivity contribution in [1.29, 1.82) is 0 Å². The van der Waals surface area contributed by atoms with Crippen LogP contribution < -0.4 is 15.7 Å². The number of para-hydroxylation sites is 2. The zero-order valence-corrected chi connectivity index (χ0v) is 22.0. The van der Waals surface area contributed by atoms with Crippen LogP contribution >= 0.6 is 0 Å². The number of benzene rings is 3. The normalized spacial score (nSPS) is 20.9. The Morgan fingerprint density at radius 1 is 0.951 bits per heavy atom. The molecule has 208 valence electrons. The molecule has 1 aliphatic carbocycles. The fraction of sp³-hybridized carbons (Fsp3) is 0.219. The Kier molecular flexibility index (Phi) is 7.13. The van der Waals surface area contributed by atoms with E-state index in [9.17, 15) is 24.6 Å². The van der Waals surface area contributed by atoms with Gasteiger partial charge in [0.15, 0.2) is 0 Å². The largest absolute Gasteiger partial charge is 0.486 e. The summed E-state index contributed by atoms with van der Waals surface area (Å²) in [6, 6.07) is 23.8. The van der Waals surface area contributed by atoms with Gasteiger partial charge in [-0.05, 0) is 29.8 Å². The van der Waals surface area contributed by atoms with E-state index in [1.165, 1.54) is 11.0 Å². The van der Waals surface area contributed by atoms with E-state index in [4.69, 9.17) is 9.15 Å². The fourth-order valence-corrected chi connectivity index (χ4v) is 5.65. The Bertz CT molecular complexity index is 1700. The van der Waals surface area contributed by atoms with Crippen LogP contribution in [0.4, 0.5) is 0 Å². The van der Waals surface area contributed by atoms with Crippen LogP contribution in [-0.4, -0.2) is 58.3 Å². The maximum atomic E-state index is 14.2. The maximum Gasteiger partial charge on any atom is 0.349 e. The third-order valence-electron chi connectivity index (χ3n) is 7.57. The van der Waals surface area contributed by atoms with Crippen LogP contribution in [0.15, 0.2) is 106 Å². The van der Waals surface area contributed by atoms with Crippen LogP contribution in [-0.2, 0) is 11.3 Å². The highest BCUT2D eigenvalue weighted by Crippen LogP contribution is 2.47. The second kappa shape index (κ2) is 11.0. The molecule has 0 saturated carbocycles. The van der Waals surface area contributed by atoms with Gasteiger partial charge in [0, 0.05) is 29.6 Å². The van der Waals surface area contributed by atoms with Crippen LogP contribution in [0, 0.1) is 0 Å². The summed E-state index contributed by atoms with van der Waals surface area (Å²) < 4.78 is 11.6. The first-order valence-corrected chi connectivity index (χ1v) is 13.4. The summed E-state index contributed by atoms with van der Waals surface area (Å²) in [5, 5.41) is 24.3. The highest BCUT2D eigenvalue weighted by molar-refractivity contribution is 5.98. The Morgan fingerprint density at radius 2 is 1.68 bits per heavy atom. The maximum absolute atomic E-state index is 14.2. The predicted octanol–water partition coefficient (Wildman–Crippen LogP) is 2.76. The first-order chi connectivity index (χ1) is 20.0. The molecule has 9 heteroatoms. The third-order valence-corrected chi connectivity index (χ3v) is 7.57. The van der Waals surface area contributed by atoms with Crippen molar-refractivity contribution >= 4 is 22.8 Å². The number of carbonyl (C=O) groups excluding carboxylic acids is 2. The first-order valence-electron chi connectivity index (χ1n) is 13.4. The van der Waals surface area contributed by atoms with Crippen LogP contribution in [0.3, 0.4) is 0 Å². The van der Waals surface area contributed by atoms with Crippen molar-refractivity contribution in [2.75, 3.05) is 13.2 Å². The molecular formula is C32H28N2O7. The molecule has 1 aromatic heterocycles. The summed E-state index contributed by atoms with van der Waals surface area (Å²) in [5.74, 6) is -1.14. The number of aliphatic hydroxyl groups excluding tert-OH is 2. The average molecular weight is 553 g/mol. The molecule has 1 aliphatic heterocycles. The van der Waals surface area contributed by atoms with E-state index in [-0.39, 0.29) is 25.3 Å². The molecule has 3 aromatic carbocycles. The lowest BCUT2D eigenvalue weighted by atomic mass is 9.77. The molecule has 0 fully saturated rings. The van der Waals surface area contributed by atoms with E-state index < -0.39 is 41.6 Å². The topological polar surface area (TPSA) is 129 Å². The quantitative estimate of drug-likeness (QED) is 0.301. The minimum atomic E-state index is -1.23. The van der Waals surface area contributed by atoms with E-state index in [1.807, 2.05) is 42.5 Å². The Morgan fingerprint density at radius 3 is 2.49 bits per heavy atom. The van der Waals surface area contributed by atoms with Gasteiger partial charge < -0.3 is 29.6 Å².